The third-order valence-corrected chi connectivity index (χ3v) is 1.89. The molecule has 0 radical (unpaired) electrons. The molecule has 0 saturated heterocycles. The van der Waals surface area contributed by atoms with Crippen molar-refractivity contribution in [2.45, 2.75) is 33.2 Å². The molecule has 0 aromatic heterocycles. The van der Waals surface area contributed by atoms with Crippen molar-refractivity contribution in [1.29, 1.82) is 5.26 Å². The van der Waals surface area contributed by atoms with Crippen LogP contribution in [0.5, 0.6) is 0 Å². The lowest BCUT2D eigenvalue weighted by molar-refractivity contribution is -0.130. The van der Waals surface area contributed by atoms with Gasteiger partial charge in [0.2, 0.25) is 5.91 Å². The van der Waals surface area contributed by atoms with Crippen molar-refractivity contribution in [3.8, 4) is 6.07 Å². The fourth-order valence-corrected chi connectivity index (χ4v) is 1.05. The summed E-state index contributed by atoms with van der Waals surface area (Å²) in [5.74, 6) is 0.0662. The van der Waals surface area contributed by atoms with Gasteiger partial charge in [0.15, 0.2) is 0 Å². The summed E-state index contributed by atoms with van der Waals surface area (Å²) < 4.78 is 0. The second kappa shape index (κ2) is 7.34. The van der Waals surface area contributed by atoms with E-state index in [4.69, 9.17) is 5.26 Å². The molecule has 0 rings (SSSR count). The lowest BCUT2D eigenvalue weighted by Crippen LogP contribution is -2.40. The number of nitrogens with one attached hydrogen (secondary N) is 1. The number of nitriles is 1. The summed E-state index contributed by atoms with van der Waals surface area (Å²) in [6, 6.07) is 2.35. The summed E-state index contributed by atoms with van der Waals surface area (Å²) >= 11 is 0. The van der Waals surface area contributed by atoms with Gasteiger partial charge in [-0.3, -0.25) is 4.79 Å². The minimum absolute atomic E-state index is 0.0662. The number of amides is 1. The Morgan fingerprint density at radius 2 is 2.21 bits per heavy atom. The largest absolute Gasteiger partial charge is 0.341 e. The fourth-order valence-electron chi connectivity index (χ4n) is 1.05. The highest BCUT2D eigenvalue weighted by Crippen LogP contribution is 1.91. The van der Waals surface area contributed by atoms with Crippen LogP contribution in [0.4, 0.5) is 0 Å². The zero-order valence-corrected chi connectivity index (χ0v) is 9.21. The molecule has 14 heavy (non-hydrogen) atoms. The van der Waals surface area contributed by atoms with E-state index in [2.05, 4.69) is 5.32 Å². The predicted molar refractivity (Wildman–Crippen MR) is 55.6 cm³/mol. The predicted octanol–water partition coefficient (Wildman–Crippen LogP) is 0.747. The first kappa shape index (κ1) is 12.9. The van der Waals surface area contributed by atoms with E-state index < -0.39 is 0 Å². The van der Waals surface area contributed by atoms with E-state index in [1.54, 1.807) is 4.90 Å². The molecule has 0 unspecified atom stereocenters. The number of hydrogen-bond acceptors (Lipinski definition) is 3. The molecule has 80 valence electrons. The van der Waals surface area contributed by atoms with E-state index in [0.717, 1.165) is 0 Å². The molecule has 0 spiro atoms. The van der Waals surface area contributed by atoms with Gasteiger partial charge >= 0.3 is 0 Å². The molecule has 0 heterocycles. The zero-order valence-electron chi connectivity index (χ0n) is 9.21. The Bertz CT molecular complexity index is 208. The number of likely N-dealkylation sites (N-methyl/N-ethyl adjacent to an activating group) is 1. The lowest BCUT2D eigenvalue weighted by atomic mass is 10.3. The summed E-state index contributed by atoms with van der Waals surface area (Å²) in [6.07, 6.45) is 0.404. The van der Waals surface area contributed by atoms with Crippen LogP contribution in [0.15, 0.2) is 0 Å². The minimum atomic E-state index is 0.0662. The van der Waals surface area contributed by atoms with Crippen LogP contribution >= 0.6 is 0 Å². The monoisotopic (exact) mass is 197 g/mol. The van der Waals surface area contributed by atoms with Crippen LogP contribution in [-0.2, 0) is 4.79 Å². The summed E-state index contributed by atoms with van der Waals surface area (Å²) in [6.45, 7) is 7.48. The molecule has 4 heteroatoms. The minimum Gasteiger partial charge on any atom is -0.341 e. The SMILES string of the molecule is CCN(CCC#N)C(=O)CNC(C)C. The van der Waals surface area contributed by atoms with Crippen molar-refractivity contribution in [2.75, 3.05) is 19.6 Å². The molecular formula is C10H19N3O. The molecule has 0 aliphatic heterocycles. The van der Waals surface area contributed by atoms with Gasteiger partial charge in [0.1, 0.15) is 0 Å². The Kier molecular flexibility index (Phi) is 6.77. The van der Waals surface area contributed by atoms with Gasteiger partial charge in [-0.15, -0.1) is 0 Å². The smallest absolute Gasteiger partial charge is 0.236 e. The Hall–Kier alpha value is -1.08. The van der Waals surface area contributed by atoms with Crippen LogP contribution in [0.3, 0.4) is 0 Å². The van der Waals surface area contributed by atoms with Crippen molar-refractivity contribution >= 4 is 5.91 Å². The second-order valence-electron chi connectivity index (χ2n) is 3.42. The number of carbonyl (C=O) groups excluding carboxylic acids is 1. The molecule has 0 atom stereocenters. The van der Waals surface area contributed by atoms with Crippen LogP contribution in [0.1, 0.15) is 27.2 Å². The van der Waals surface area contributed by atoms with E-state index in [0.29, 0.717) is 32.1 Å². The highest BCUT2D eigenvalue weighted by molar-refractivity contribution is 5.78. The Labute approximate surface area is 85.9 Å². The van der Waals surface area contributed by atoms with E-state index in [1.807, 2.05) is 26.8 Å². The first-order chi connectivity index (χ1) is 6.61. The van der Waals surface area contributed by atoms with Gasteiger partial charge in [-0.1, -0.05) is 13.8 Å². The molecule has 0 aromatic carbocycles. The number of hydrogen-bond donors (Lipinski definition) is 1. The quantitative estimate of drug-likeness (QED) is 0.683. The normalized spacial score (nSPS) is 9.93. The van der Waals surface area contributed by atoms with E-state index >= 15 is 0 Å². The lowest BCUT2D eigenvalue weighted by Gasteiger charge is -2.20. The third-order valence-electron chi connectivity index (χ3n) is 1.89. The molecular weight excluding hydrogens is 178 g/mol. The highest BCUT2D eigenvalue weighted by atomic mass is 16.2. The summed E-state index contributed by atoms with van der Waals surface area (Å²) in [7, 11) is 0. The molecule has 0 fully saturated rings. The molecule has 0 aliphatic carbocycles. The molecule has 0 saturated carbocycles. The maximum atomic E-state index is 11.5. The van der Waals surface area contributed by atoms with Crippen LogP contribution < -0.4 is 5.32 Å². The van der Waals surface area contributed by atoms with Crippen molar-refractivity contribution < 1.29 is 4.79 Å². The van der Waals surface area contributed by atoms with Gasteiger partial charge in [0, 0.05) is 19.1 Å². The zero-order chi connectivity index (χ0) is 11.0. The van der Waals surface area contributed by atoms with Crippen LogP contribution in [0, 0.1) is 11.3 Å². The van der Waals surface area contributed by atoms with Gasteiger partial charge in [0.25, 0.3) is 0 Å². The topological polar surface area (TPSA) is 56.1 Å². The van der Waals surface area contributed by atoms with Crippen LogP contribution in [-0.4, -0.2) is 36.5 Å². The number of rotatable bonds is 6. The van der Waals surface area contributed by atoms with E-state index in [1.165, 1.54) is 0 Å². The Morgan fingerprint density at radius 3 is 2.64 bits per heavy atom. The summed E-state index contributed by atoms with van der Waals surface area (Å²) in [5, 5.41) is 11.5. The standard InChI is InChI=1S/C10H19N3O/c1-4-13(7-5-6-11)10(14)8-12-9(2)3/h9,12H,4-5,7-8H2,1-3H3. The fraction of sp³-hybridized carbons (Fsp3) is 0.800. The van der Waals surface area contributed by atoms with Crippen LogP contribution in [0.2, 0.25) is 0 Å². The van der Waals surface area contributed by atoms with Crippen molar-refractivity contribution in [1.82, 2.24) is 10.2 Å². The molecule has 4 nitrogen and oxygen atoms in total. The van der Waals surface area contributed by atoms with Gasteiger partial charge in [-0.2, -0.15) is 5.26 Å². The summed E-state index contributed by atoms with van der Waals surface area (Å²) in [5.41, 5.74) is 0. The molecule has 1 N–H and O–H groups in total. The van der Waals surface area contributed by atoms with Crippen LogP contribution in [0.25, 0.3) is 0 Å². The highest BCUT2D eigenvalue weighted by Gasteiger charge is 2.10. The summed E-state index contributed by atoms with van der Waals surface area (Å²) in [4.78, 5) is 13.2. The Balaban J connectivity index is 3.86. The Morgan fingerprint density at radius 1 is 1.57 bits per heavy atom. The first-order valence-electron chi connectivity index (χ1n) is 4.99. The average Bonchev–Trinajstić information content (AvgIpc) is 2.16. The van der Waals surface area contributed by atoms with Gasteiger partial charge < -0.3 is 10.2 Å². The maximum Gasteiger partial charge on any atom is 0.236 e. The number of carbonyl (C=O) groups is 1. The molecule has 1 amide bonds. The van der Waals surface area contributed by atoms with Gasteiger partial charge in [-0.05, 0) is 6.92 Å². The third kappa shape index (κ3) is 5.55. The number of nitrogens with zero attached hydrogens (tertiary/aromatic N) is 2. The van der Waals surface area contributed by atoms with Gasteiger partial charge in [0.05, 0.1) is 19.0 Å². The molecule has 0 aliphatic rings. The average molecular weight is 197 g/mol. The van der Waals surface area contributed by atoms with E-state index in [9.17, 15) is 4.79 Å². The maximum absolute atomic E-state index is 11.5. The van der Waals surface area contributed by atoms with Crippen molar-refractivity contribution in [3.05, 3.63) is 0 Å². The molecule has 0 bridgehead atoms. The molecule has 0 aromatic rings. The van der Waals surface area contributed by atoms with E-state index in [-0.39, 0.29) is 5.91 Å². The van der Waals surface area contributed by atoms with Crippen molar-refractivity contribution in [3.63, 3.8) is 0 Å². The van der Waals surface area contributed by atoms with Crippen molar-refractivity contribution in [2.24, 2.45) is 0 Å². The van der Waals surface area contributed by atoms with Gasteiger partial charge in [-0.25, -0.2) is 0 Å². The second-order valence-corrected chi connectivity index (χ2v) is 3.42. The first-order valence-corrected chi connectivity index (χ1v) is 4.99.